The fraction of sp³-hybridized carbons (Fsp3) is 0.800. The summed E-state index contributed by atoms with van der Waals surface area (Å²) in [6.07, 6.45) is 14.0. The average molecular weight is 373 g/mol. The topological polar surface area (TPSA) is 36.9 Å². The molecule has 0 aromatic heterocycles. The van der Waals surface area contributed by atoms with Crippen LogP contribution in [-0.4, -0.2) is 35.0 Å². The lowest BCUT2D eigenvalue weighted by Gasteiger charge is -2.30. The Bertz CT molecular complexity index is 300. The van der Waals surface area contributed by atoms with Crippen LogP contribution in [0.2, 0.25) is 12.1 Å². The van der Waals surface area contributed by atoms with E-state index in [1.807, 2.05) is 24.7 Å². The second kappa shape index (κ2) is 18.0. The molecule has 0 amide bonds. The molecule has 0 N–H and O–H groups in total. The van der Waals surface area contributed by atoms with Crippen LogP contribution in [0, 0.1) is 0 Å². The molecule has 0 aliphatic carbocycles. The van der Waals surface area contributed by atoms with Gasteiger partial charge in [-0.15, -0.1) is 0 Å². The number of allylic oxidation sites excluding steroid dienone is 2. The second-order valence-corrected chi connectivity index (χ2v) is 9.39. The van der Waals surface area contributed by atoms with Crippen LogP contribution in [0.1, 0.15) is 66.2 Å². The molecule has 0 rings (SSSR count). The lowest BCUT2D eigenvalue weighted by Crippen LogP contribution is -2.42. The fourth-order valence-corrected chi connectivity index (χ4v) is 6.15. The standard InChI is InChI=1S/C20H40O4Si/c1-5-9-15-21-17-11-13-19-25(23-7-3,24-8-4)20-14-12-18-22-16-10-6-2/h9-10,15-16H,5-8,11-14,17-20H2,1-4H3. The van der Waals surface area contributed by atoms with Gasteiger partial charge < -0.3 is 18.3 Å². The van der Waals surface area contributed by atoms with Crippen molar-refractivity contribution < 1.29 is 18.3 Å². The molecule has 148 valence electrons. The molecular formula is C20H40O4Si. The first kappa shape index (κ1) is 24.2. The van der Waals surface area contributed by atoms with Gasteiger partial charge in [0.25, 0.3) is 0 Å². The molecule has 0 saturated heterocycles. The van der Waals surface area contributed by atoms with Crippen molar-refractivity contribution >= 4 is 8.56 Å². The van der Waals surface area contributed by atoms with Crippen molar-refractivity contribution in [2.24, 2.45) is 0 Å². The van der Waals surface area contributed by atoms with Crippen molar-refractivity contribution in [1.29, 1.82) is 0 Å². The van der Waals surface area contributed by atoms with Crippen LogP contribution >= 0.6 is 0 Å². The summed E-state index contributed by atoms with van der Waals surface area (Å²) in [6.45, 7) is 11.4. The van der Waals surface area contributed by atoms with Gasteiger partial charge in [0.2, 0.25) is 0 Å². The zero-order chi connectivity index (χ0) is 18.6. The van der Waals surface area contributed by atoms with Gasteiger partial charge in [0.15, 0.2) is 0 Å². The maximum absolute atomic E-state index is 6.17. The summed E-state index contributed by atoms with van der Waals surface area (Å²) in [5.41, 5.74) is 0. The number of rotatable bonds is 18. The third-order valence-corrected chi connectivity index (χ3v) is 7.67. The third-order valence-electron chi connectivity index (χ3n) is 3.81. The van der Waals surface area contributed by atoms with E-state index in [1.165, 1.54) is 0 Å². The van der Waals surface area contributed by atoms with E-state index in [-0.39, 0.29) is 0 Å². The fourth-order valence-electron chi connectivity index (χ4n) is 2.61. The highest BCUT2D eigenvalue weighted by Crippen LogP contribution is 2.25. The SMILES string of the molecule is CCC=COCCCC[Si](CCCCOC=CCC)(OCC)OCC. The zero-order valence-corrected chi connectivity index (χ0v) is 17.9. The Morgan fingerprint density at radius 3 is 1.44 bits per heavy atom. The zero-order valence-electron chi connectivity index (χ0n) is 16.9. The first-order valence-electron chi connectivity index (χ1n) is 10.1. The van der Waals surface area contributed by atoms with E-state index in [4.69, 9.17) is 18.3 Å². The molecule has 0 aliphatic rings. The monoisotopic (exact) mass is 372 g/mol. The van der Waals surface area contributed by atoms with E-state index in [0.29, 0.717) is 0 Å². The summed E-state index contributed by atoms with van der Waals surface area (Å²) in [7, 11) is -2.09. The number of hydrogen-bond acceptors (Lipinski definition) is 4. The normalized spacial score (nSPS) is 12.3. The highest BCUT2D eigenvalue weighted by Gasteiger charge is 2.35. The Balaban J connectivity index is 4.18. The van der Waals surface area contributed by atoms with Crippen molar-refractivity contribution in [1.82, 2.24) is 0 Å². The Kier molecular flexibility index (Phi) is 17.5. The smallest absolute Gasteiger partial charge is 0.338 e. The Morgan fingerprint density at radius 1 is 0.640 bits per heavy atom. The summed E-state index contributed by atoms with van der Waals surface area (Å²) in [4.78, 5) is 0. The van der Waals surface area contributed by atoms with Gasteiger partial charge in [0, 0.05) is 13.2 Å². The molecule has 0 heterocycles. The van der Waals surface area contributed by atoms with Crippen molar-refractivity contribution in [2.75, 3.05) is 26.4 Å². The summed E-state index contributed by atoms with van der Waals surface area (Å²) in [6, 6.07) is 2.10. The molecule has 0 spiro atoms. The molecule has 0 fully saturated rings. The molecule has 25 heavy (non-hydrogen) atoms. The van der Waals surface area contributed by atoms with Gasteiger partial charge in [0.05, 0.1) is 25.7 Å². The van der Waals surface area contributed by atoms with Crippen molar-refractivity contribution in [2.45, 2.75) is 78.3 Å². The minimum Gasteiger partial charge on any atom is -0.502 e. The summed E-state index contributed by atoms with van der Waals surface area (Å²) >= 11 is 0. The van der Waals surface area contributed by atoms with Crippen LogP contribution in [0.4, 0.5) is 0 Å². The predicted octanol–water partition coefficient (Wildman–Crippen LogP) is 5.94. The first-order valence-corrected chi connectivity index (χ1v) is 12.3. The van der Waals surface area contributed by atoms with Crippen LogP contribution in [-0.2, 0) is 18.3 Å². The van der Waals surface area contributed by atoms with Gasteiger partial charge in [-0.3, -0.25) is 0 Å². The quantitative estimate of drug-likeness (QED) is 0.169. The summed E-state index contributed by atoms with van der Waals surface area (Å²) < 4.78 is 23.3. The van der Waals surface area contributed by atoms with Crippen LogP contribution < -0.4 is 0 Å². The Morgan fingerprint density at radius 2 is 1.08 bits per heavy atom. The summed E-state index contributed by atoms with van der Waals surface area (Å²) in [5.74, 6) is 0. The molecular weight excluding hydrogens is 332 g/mol. The molecule has 0 saturated carbocycles. The van der Waals surface area contributed by atoms with Gasteiger partial charge in [0.1, 0.15) is 0 Å². The number of ether oxygens (including phenoxy) is 2. The molecule has 0 bridgehead atoms. The van der Waals surface area contributed by atoms with E-state index in [9.17, 15) is 0 Å². The van der Waals surface area contributed by atoms with Crippen LogP contribution in [0.5, 0.6) is 0 Å². The van der Waals surface area contributed by atoms with E-state index >= 15 is 0 Å². The average Bonchev–Trinajstić information content (AvgIpc) is 2.61. The van der Waals surface area contributed by atoms with Gasteiger partial charge in [-0.05, 0) is 64.5 Å². The van der Waals surface area contributed by atoms with Crippen molar-refractivity contribution in [3.05, 3.63) is 24.7 Å². The van der Waals surface area contributed by atoms with Crippen molar-refractivity contribution in [3.8, 4) is 0 Å². The third kappa shape index (κ3) is 14.1. The maximum atomic E-state index is 6.17. The Hall–Kier alpha value is -0.783. The molecule has 0 radical (unpaired) electrons. The molecule has 0 aromatic rings. The predicted molar refractivity (Wildman–Crippen MR) is 108 cm³/mol. The highest BCUT2D eigenvalue weighted by atomic mass is 28.4. The molecule has 0 atom stereocenters. The maximum Gasteiger partial charge on any atom is 0.338 e. The largest absolute Gasteiger partial charge is 0.502 e. The van der Waals surface area contributed by atoms with Gasteiger partial charge in [-0.25, -0.2) is 0 Å². The highest BCUT2D eigenvalue weighted by molar-refractivity contribution is 6.67. The first-order chi connectivity index (χ1) is 12.2. The van der Waals surface area contributed by atoms with Crippen molar-refractivity contribution in [3.63, 3.8) is 0 Å². The van der Waals surface area contributed by atoms with Gasteiger partial charge in [-0.1, -0.05) is 26.0 Å². The van der Waals surface area contributed by atoms with E-state index in [0.717, 1.165) is 77.0 Å². The molecule has 0 unspecified atom stereocenters. The number of hydrogen-bond donors (Lipinski definition) is 0. The molecule has 4 nitrogen and oxygen atoms in total. The molecule has 5 heteroatoms. The van der Waals surface area contributed by atoms with E-state index < -0.39 is 8.56 Å². The van der Waals surface area contributed by atoms with E-state index in [2.05, 4.69) is 27.7 Å². The minimum absolute atomic E-state index is 0.734. The minimum atomic E-state index is -2.09. The van der Waals surface area contributed by atoms with Gasteiger partial charge in [-0.2, -0.15) is 0 Å². The van der Waals surface area contributed by atoms with Crippen LogP contribution in [0.25, 0.3) is 0 Å². The molecule has 0 aromatic carbocycles. The van der Waals surface area contributed by atoms with Crippen LogP contribution in [0.3, 0.4) is 0 Å². The number of unbranched alkanes of at least 4 members (excludes halogenated alkanes) is 2. The van der Waals surface area contributed by atoms with Crippen LogP contribution in [0.15, 0.2) is 24.7 Å². The lowest BCUT2D eigenvalue weighted by atomic mass is 10.3. The summed E-state index contributed by atoms with van der Waals surface area (Å²) in [5, 5.41) is 0. The van der Waals surface area contributed by atoms with E-state index in [1.54, 1.807) is 0 Å². The lowest BCUT2D eigenvalue weighted by molar-refractivity contribution is 0.176. The van der Waals surface area contributed by atoms with Gasteiger partial charge >= 0.3 is 8.56 Å². The molecule has 0 aliphatic heterocycles. The Labute approximate surface area is 156 Å². The second-order valence-electron chi connectivity index (χ2n) is 5.99.